The van der Waals surface area contributed by atoms with E-state index in [9.17, 15) is 26.3 Å². The van der Waals surface area contributed by atoms with E-state index in [4.69, 9.17) is 0 Å². The molecule has 1 aromatic carbocycles. The van der Waals surface area contributed by atoms with Gasteiger partial charge in [0, 0.05) is 11.3 Å². The summed E-state index contributed by atoms with van der Waals surface area (Å²) in [5.74, 6) is 0.279. The van der Waals surface area contributed by atoms with E-state index in [0.29, 0.717) is 17.9 Å². The summed E-state index contributed by atoms with van der Waals surface area (Å²) in [6, 6.07) is 1.25. The molecule has 0 radical (unpaired) electrons. The molecule has 0 aliphatic rings. The quantitative estimate of drug-likeness (QED) is 0.488. The first kappa shape index (κ1) is 17.4. The summed E-state index contributed by atoms with van der Waals surface area (Å²) in [7, 11) is 0. The second-order valence-electron chi connectivity index (χ2n) is 4.36. The highest BCUT2D eigenvalue weighted by Crippen LogP contribution is 2.38. The summed E-state index contributed by atoms with van der Waals surface area (Å²) in [5, 5.41) is 6.27. The zero-order valence-electron chi connectivity index (χ0n) is 11.3. The minimum atomic E-state index is -4.91. The fraction of sp³-hybridized carbons (Fsp3) is 0.231. The number of rotatable bonds is 4. The Labute approximate surface area is 130 Å². The number of hydrogen-bond acceptors (Lipinski definition) is 3. The number of halogens is 6. The lowest BCUT2D eigenvalue weighted by Gasteiger charge is -2.13. The van der Waals surface area contributed by atoms with Crippen LogP contribution in [0.2, 0.25) is 0 Å². The van der Waals surface area contributed by atoms with Crippen LogP contribution in [0.1, 0.15) is 11.1 Å². The Morgan fingerprint density at radius 3 is 2.09 bits per heavy atom. The van der Waals surface area contributed by atoms with Crippen LogP contribution in [0.25, 0.3) is 11.4 Å². The van der Waals surface area contributed by atoms with Gasteiger partial charge < -0.3 is 0 Å². The third-order valence-electron chi connectivity index (χ3n) is 2.66. The van der Waals surface area contributed by atoms with E-state index in [1.54, 1.807) is 6.08 Å². The minimum Gasteiger partial charge on any atom is -0.258 e. The van der Waals surface area contributed by atoms with Crippen molar-refractivity contribution >= 4 is 11.8 Å². The van der Waals surface area contributed by atoms with Gasteiger partial charge in [0.15, 0.2) is 5.82 Å². The Kier molecular flexibility index (Phi) is 4.73. The number of alkyl halides is 6. The largest absolute Gasteiger partial charge is 0.416 e. The van der Waals surface area contributed by atoms with Gasteiger partial charge in [0.05, 0.1) is 11.1 Å². The molecule has 0 bridgehead atoms. The van der Waals surface area contributed by atoms with Gasteiger partial charge in [0.1, 0.15) is 0 Å². The maximum Gasteiger partial charge on any atom is 0.416 e. The molecule has 23 heavy (non-hydrogen) atoms. The van der Waals surface area contributed by atoms with E-state index in [1.807, 2.05) is 0 Å². The maximum atomic E-state index is 12.8. The Morgan fingerprint density at radius 1 is 1.04 bits per heavy atom. The molecule has 3 nitrogen and oxygen atoms in total. The zero-order chi connectivity index (χ0) is 17.3. The maximum absolute atomic E-state index is 12.8. The second kappa shape index (κ2) is 6.26. The lowest BCUT2D eigenvalue weighted by atomic mass is 10.0. The topological polar surface area (TPSA) is 41.6 Å². The lowest BCUT2D eigenvalue weighted by Crippen LogP contribution is -2.11. The lowest BCUT2D eigenvalue weighted by molar-refractivity contribution is -0.143. The van der Waals surface area contributed by atoms with Crippen LogP contribution in [0.5, 0.6) is 0 Å². The van der Waals surface area contributed by atoms with Crippen molar-refractivity contribution in [2.24, 2.45) is 0 Å². The van der Waals surface area contributed by atoms with Crippen molar-refractivity contribution in [3.63, 3.8) is 0 Å². The Bertz CT molecular complexity index is 672. The molecule has 1 N–H and O–H groups in total. The van der Waals surface area contributed by atoms with E-state index >= 15 is 0 Å². The molecule has 0 aliphatic heterocycles. The molecule has 10 heteroatoms. The van der Waals surface area contributed by atoms with Crippen LogP contribution >= 0.6 is 11.8 Å². The Hall–Kier alpha value is -1.97. The van der Waals surface area contributed by atoms with Gasteiger partial charge in [-0.2, -0.15) is 26.3 Å². The summed E-state index contributed by atoms with van der Waals surface area (Å²) in [6.07, 6.45) is -8.25. The first-order valence-corrected chi connectivity index (χ1v) is 7.06. The van der Waals surface area contributed by atoms with Crippen LogP contribution in [0, 0.1) is 0 Å². The van der Waals surface area contributed by atoms with E-state index < -0.39 is 23.5 Å². The molecule has 0 saturated carbocycles. The summed E-state index contributed by atoms with van der Waals surface area (Å²) >= 11 is 1.14. The number of H-pyrrole nitrogens is 1. The van der Waals surface area contributed by atoms with Crippen LogP contribution in [-0.4, -0.2) is 20.9 Å². The average Bonchev–Trinajstić information content (AvgIpc) is 2.91. The molecule has 0 saturated heterocycles. The summed E-state index contributed by atoms with van der Waals surface area (Å²) in [5.41, 5.74) is -3.15. The molecule has 1 heterocycles. The first-order chi connectivity index (χ1) is 10.6. The molecule has 1 aromatic heterocycles. The molecule has 0 amide bonds. The van der Waals surface area contributed by atoms with E-state index in [0.717, 1.165) is 11.8 Å². The SMILES string of the molecule is C=CCSc1n[nH]c(-c2cc(C(F)(F)F)cc(C(F)(F)F)c2)n1. The molecule has 124 valence electrons. The highest BCUT2D eigenvalue weighted by Gasteiger charge is 2.37. The van der Waals surface area contributed by atoms with Crippen LogP contribution in [0.4, 0.5) is 26.3 Å². The van der Waals surface area contributed by atoms with E-state index in [-0.39, 0.29) is 22.6 Å². The van der Waals surface area contributed by atoms with Crippen molar-refractivity contribution in [2.75, 3.05) is 5.75 Å². The fourth-order valence-electron chi connectivity index (χ4n) is 1.67. The zero-order valence-corrected chi connectivity index (χ0v) is 12.1. The van der Waals surface area contributed by atoms with Gasteiger partial charge in [0.25, 0.3) is 0 Å². The smallest absolute Gasteiger partial charge is 0.258 e. The van der Waals surface area contributed by atoms with Crippen LogP contribution in [0.3, 0.4) is 0 Å². The molecule has 2 rings (SSSR count). The molecule has 0 atom stereocenters. The number of thioether (sulfide) groups is 1. The summed E-state index contributed by atoms with van der Waals surface area (Å²) in [6.45, 7) is 3.48. The normalized spacial score (nSPS) is 12.4. The summed E-state index contributed by atoms with van der Waals surface area (Å²) < 4.78 is 76.8. The molecule has 0 spiro atoms. The number of nitrogens with zero attached hydrogens (tertiary/aromatic N) is 2. The van der Waals surface area contributed by atoms with Crippen LogP contribution < -0.4 is 0 Å². The van der Waals surface area contributed by atoms with Crippen molar-refractivity contribution < 1.29 is 26.3 Å². The first-order valence-electron chi connectivity index (χ1n) is 6.07. The molecule has 0 aliphatic carbocycles. The van der Waals surface area contributed by atoms with Crippen LogP contribution in [-0.2, 0) is 12.4 Å². The molecular formula is C13H9F6N3S. The minimum absolute atomic E-state index is 0.0627. The third-order valence-corrected chi connectivity index (χ3v) is 3.50. The van der Waals surface area contributed by atoms with Crippen molar-refractivity contribution in [3.8, 4) is 11.4 Å². The van der Waals surface area contributed by atoms with Gasteiger partial charge >= 0.3 is 12.4 Å². The van der Waals surface area contributed by atoms with Gasteiger partial charge in [-0.25, -0.2) is 4.98 Å². The number of benzene rings is 1. The predicted molar refractivity (Wildman–Crippen MR) is 72.7 cm³/mol. The number of aromatic amines is 1. The van der Waals surface area contributed by atoms with Gasteiger partial charge in [-0.1, -0.05) is 17.8 Å². The predicted octanol–water partition coefficient (Wildman–Crippen LogP) is 4.79. The third kappa shape index (κ3) is 4.27. The fourth-order valence-corrected chi connectivity index (χ4v) is 2.20. The van der Waals surface area contributed by atoms with Gasteiger partial charge in [-0.15, -0.1) is 11.7 Å². The van der Waals surface area contributed by atoms with Gasteiger partial charge in [-0.3, -0.25) is 5.10 Å². The number of nitrogens with one attached hydrogen (secondary N) is 1. The van der Waals surface area contributed by atoms with Crippen molar-refractivity contribution in [2.45, 2.75) is 17.5 Å². The Morgan fingerprint density at radius 2 is 1.61 bits per heavy atom. The van der Waals surface area contributed by atoms with Gasteiger partial charge in [-0.05, 0) is 18.2 Å². The highest BCUT2D eigenvalue weighted by molar-refractivity contribution is 7.99. The monoisotopic (exact) mass is 353 g/mol. The van der Waals surface area contributed by atoms with E-state index in [1.165, 1.54) is 0 Å². The average molecular weight is 353 g/mol. The van der Waals surface area contributed by atoms with Crippen molar-refractivity contribution in [1.29, 1.82) is 0 Å². The number of hydrogen-bond donors (Lipinski definition) is 1. The molecule has 0 fully saturated rings. The summed E-state index contributed by atoms with van der Waals surface area (Å²) in [4.78, 5) is 3.88. The Balaban J connectivity index is 2.49. The van der Waals surface area contributed by atoms with Crippen LogP contribution in [0.15, 0.2) is 36.0 Å². The number of aromatic nitrogens is 3. The highest BCUT2D eigenvalue weighted by atomic mass is 32.2. The van der Waals surface area contributed by atoms with Gasteiger partial charge in [0.2, 0.25) is 5.16 Å². The standard InChI is InChI=1S/C13H9F6N3S/c1-2-3-23-11-20-10(21-22-11)7-4-8(12(14,15)16)6-9(5-7)13(17,18)19/h2,4-6H,1,3H2,(H,20,21,22). The molecule has 0 unspecified atom stereocenters. The molecular weight excluding hydrogens is 344 g/mol. The molecule has 2 aromatic rings. The van der Waals surface area contributed by atoms with E-state index in [2.05, 4.69) is 21.8 Å². The van der Waals surface area contributed by atoms with Crippen molar-refractivity contribution in [3.05, 3.63) is 42.0 Å². The van der Waals surface area contributed by atoms with Crippen molar-refractivity contribution in [1.82, 2.24) is 15.2 Å². The second-order valence-corrected chi connectivity index (χ2v) is 5.35.